The zero-order chi connectivity index (χ0) is 17.2. The third kappa shape index (κ3) is 3.97. The Balaban J connectivity index is 1.83. The summed E-state index contributed by atoms with van der Waals surface area (Å²) in [6.45, 7) is 1.21. The van der Waals surface area contributed by atoms with Crippen molar-refractivity contribution in [2.45, 2.75) is 23.8 Å². The van der Waals surface area contributed by atoms with Crippen LogP contribution < -0.4 is 10.0 Å². The van der Waals surface area contributed by atoms with E-state index in [0.29, 0.717) is 18.9 Å². The van der Waals surface area contributed by atoms with Crippen LogP contribution in [0.3, 0.4) is 0 Å². The maximum Gasteiger partial charge on any atom is 0.266 e. The second-order valence-corrected chi connectivity index (χ2v) is 8.22. The van der Waals surface area contributed by atoms with Crippen LogP contribution in [-0.2, 0) is 14.8 Å². The molecule has 1 aliphatic heterocycles. The number of rotatable bonds is 5. The van der Waals surface area contributed by atoms with Gasteiger partial charge in [0.15, 0.2) is 5.13 Å². The highest BCUT2D eigenvalue weighted by atomic mass is 35.5. The summed E-state index contributed by atoms with van der Waals surface area (Å²) >= 11 is 7.23. The number of aromatic nitrogens is 1. The molecular weight excluding hydrogens is 377 g/mol. The van der Waals surface area contributed by atoms with Gasteiger partial charge in [-0.15, -0.1) is 11.3 Å². The van der Waals surface area contributed by atoms with Gasteiger partial charge in [0.25, 0.3) is 10.0 Å². The first-order valence-electron chi connectivity index (χ1n) is 7.21. The summed E-state index contributed by atoms with van der Waals surface area (Å²) in [6.07, 6.45) is 3.23. The van der Waals surface area contributed by atoms with Crippen molar-refractivity contribution in [3.8, 4) is 0 Å². The van der Waals surface area contributed by atoms with Gasteiger partial charge in [0.1, 0.15) is 10.7 Å². The molecule has 10 heteroatoms. The van der Waals surface area contributed by atoms with Gasteiger partial charge in [-0.1, -0.05) is 11.6 Å². The van der Waals surface area contributed by atoms with E-state index < -0.39 is 20.7 Å². The van der Waals surface area contributed by atoms with Crippen LogP contribution in [0.15, 0.2) is 28.6 Å². The summed E-state index contributed by atoms with van der Waals surface area (Å²) in [5.41, 5.74) is 0.345. The summed E-state index contributed by atoms with van der Waals surface area (Å²) in [4.78, 5) is 3.30. The van der Waals surface area contributed by atoms with Crippen LogP contribution in [0.25, 0.3) is 0 Å². The number of sulfonamides is 1. The maximum atomic E-state index is 14.3. The number of thiazole rings is 1. The normalized spacial score (nSPS) is 18.3. The van der Waals surface area contributed by atoms with Gasteiger partial charge in [-0.2, -0.15) is 0 Å². The van der Waals surface area contributed by atoms with Gasteiger partial charge in [0, 0.05) is 24.2 Å². The topological polar surface area (TPSA) is 80.3 Å². The summed E-state index contributed by atoms with van der Waals surface area (Å²) in [5.74, 6) is -0.886. The number of nitrogens with zero attached hydrogens (tertiary/aromatic N) is 1. The van der Waals surface area contributed by atoms with Gasteiger partial charge in [0.05, 0.1) is 17.3 Å². The summed E-state index contributed by atoms with van der Waals surface area (Å²) in [7, 11) is -4.10. The standard InChI is InChI=1S/C14H15ClFN3O3S2/c15-10-6-13(24(20,21)19-14-17-3-5-23-14)11(16)7-12(10)18-9-2-1-4-22-8-9/h3,5-7,9,18H,1-2,4,8H2,(H,17,19). The molecule has 1 atom stereocenters. The number of hydrogen-bond acceptors (Lipinski definition) is 6. The molecule has 1 fully saturated rings. The van der Waals surface area contributed by atoms with E-state index in [9.17, 15) is 12.8 Å². The van der Waals surface area contributed by atoms with Crippen molar-refractivity contribution in [3.63, 3.8) is 0 Å². The fourth-order valence-electron chi connectivity index (χ4n) is 2.36. The molecule has 130 valence electrons. The molecule has 24 heavy (non-hydrogen) atoms. The minimum Gasteiger partial charge on any atom is -0.379 e. The number of hydrogen-bond donors (Lipinski definition) is 2. The molecule has 0 aliphatic carbocycles. The Morgan fingerprint density at radius 2 is 2.25 bits per heavy atom. The molecular formula is C14H15ClFN3O3S2. The van der Waals surface area contributed by atoms with E-state index >= 15 is 0 Å². The van der Waals surface area contributed by atoms with Gasteiger partial charge in [-0.05, 0) is 25.0 Å². The minimum atomic E-state index is -4.10. The number of halogens is 2. The molecule has 2 heterocycles. The predicted molar refractivity (Wildman–Crippen MR) is 91.8 cm³/mol. The van der Waals surface area contributed by atoms with Gasteiger partial charge < -0.3 is 10.1 Å². The van der Waals surface area contributed by atoms with Crippen molar-refractivity contribution >= 4 is 43.8 Å². The van der Waals surface area contributed by atoms with E-state index in [2.05, 4.69) is 15.0 Å². The Morgan fingerprint density at radius 1 is 1.42 bits per heavy atom. The van der Waals surface area contributed by atoms with Crippen molar-refractivity contribution in [2.24, 2.45) is 0 Å². The third-order valence-electron chi connectivity index (χ3n) is 3.49. The molecule has 0 saturated carbocycles. The van der Waals surface area contributed by atoms with Crippen molar-refractivity contribution in [1.82, 2.24) is 4.98 Å². The fourth-order valence-corrected chi connectivity index (χ4v) is 4.52. The number of benzene rings is 1. The Hall–Kier alpha value is -1.42. The fraction of sp³-hybridized carbons (Fsp3) is 0.357. The molecule has 2 N–H and O–H groups in total. The molecule has 1 unspecified atom stereocenters. The molecule has 1 saturated heterocycles. The zero-order valence-electron chi connectivity index (χ0n) is 12.5. The molecule has 3 rings (SSSR count). The van der Waals surface area contributed by atoms with Gasteiger partial charge in [-0.3, -0.25) is 4.72 Å². The van der Waals surface area contributed by atoms with E-state index in [4.69, 9.17) is 16.3 Å². The first kappa shape index (κ1) is 17.4. The molecule has 0 bridgehead atoms. The average molecular weight is 392 g/mol. The third-order valence-corrected chi connectivity index (χ3v) is 5.97. The van der Waals surface area contributed by atoms with Crippen LogP contribution in [0.2, 0.25) is 5.02 Å². The van der Waals surface area contributed by atoms with E-state index in [1.54, 1.807) is 5.38 Å². The smallest absolute Gasteiger partial charge is 0.266 e. The van der Waals surface area contributed by atoms with Crippen molar-refractivity contribution < 1.29 is 17.5 Å². The van der Waals surface area contributed by atoms with Crippen LogP contribution in [0.4, 0.5) is 15.2 Å². The van der Waals surface area contributed by atoms with Gasteiger partial charge in [-0.25, -0.2) is 17.8 Å². The molecule has 6 nitrogen and oxygen atoms in total. The van der Waals surface area contributed by atoms with Crippen LogP contribution in [0, 0.1) is 5.82 Å². The summed E-state index contributed by atoms with van der Waals surface area (Å²) < 4.78 is 46.5. The minimum absolute atomic E-state index is 0.0200. The number of anilines is 2. The molecule has 0 radical (unpaired) electrons. The number of nitrogens with one attached hydrogen (secondary N) is 2. The lowest BCUT2D eigenvalue weighted by Gasteiger charge is -2.24. The van der Waals surface area contributed by atoms with Crippen LogP contribution in [-0.4, -0.2) is 32.7 Å². The van der Waals surface area contributed by atoms with Crippen LogP contribution in [0.1, 0.15) is 12.8 Å². The second-order valence-electron chi connectivity index (χ2n) is 5.26. The van der Waals surface area contributed by atoms with E-state index in [1.165, 1.54) is 6.20 Å². The Morgan fingerprint density at radius 3 is 2.92 bits per heavy atom. The Labute approximate surface area is 148 Å². The molecule has 1 aromatic carbocycles. The lowest BCUT2D eigenvalue weighted by Crippen LogP contribution is -2.30. The summed E-state index contributed by atoms with van der Waals surface area (Å²) in [6, 6.07) is 2.21. The quantitative estimate of drug-likeness (QED) is 0.817. The first-order valence-corrected chi connectivity index (χ1v) is 9.95. The molecule has 2 aromatic rings. The predicted octanol–water partition coefficient (Wildman–Crippen LogP) is 3.33. The van der Waals surface area contributed by atoms with E-state index in [0.717, 1.165) is 36.3 Å². The average Bonchev–Trinajstić information content (AvgIpc) is 3.03. The Kier molecular flexibility index (Phi) is 5.24. The van der Waals surface area contributed by atoms with E-state index in [1.807, 2.05) is 0 Å². The maximum absolute atomic E-state index is 14.3. The van der Waals surface area contributed by atoms with Crippen LogP contribution in [0.5, 0.6) is 0 Å². The monoisotopic (exact) mass is 391 g/mol. The lowest BCUT2D eigenvalue weighted by molar-refractivity contribution is 0.0876. The van der Waals surface area contributed by atoms with Crippen molar-refractivity contribution in [2.75, 3.05) is 23.3 Å². The molecule has 0 amide bonds. The first-order chi connectivity index (χ1) is 11.5. The van der Waals surface area contributed by atoms with Crippen molar-refractivity contribution in [3.05, 3.63) is 34.5 Å². The van der Waals surface area contributed by atoms with Gasteiger partial charge in [0.2, 0.25) is 0 Å². The highest BCUT2D eigenvalue weighted by Crippen LogP contribution is 2.30. The van der Waals surface area contributed by atoms with E-state index in [-0.39, 0.29) is 16.2 Å². The highest BCUT2D eigenvalue weighted by molar-refractivity contribution is 7.93. The largest absolute Gasteiger partial charge is 0.379 e. The SMILES string of the molecule is O=S(=O)(Nc1nccs1)c1cc(Cl)c(NC2CCCOC2)cc1F. The number of ether oxygens (including phenoxy) is 1. The highest BCUT2D eigenvalue weighted by Gasteiger charge is 2.23. The van der Waals surface area contributed by atoms with Crippen LogP contribution >= 0.6 is 22.9 Å². The summed E-state index contributed by atoms with van der Waals surface area (Å²) in [5, 5.41) is 4.99. The lowest BCUT2D eigenvalue weighted by atomic mass is 10.1. The molecule has 1 aromatic heterocycles. The molecule has 1 aliphatic rings. The van der Waals surface area contributed by atoms with Crippen molar-refractivity contribution in [1.29, 1.82) is 0 Å². The van der Waals surface area contributed by atoms with Gasteiger partial charge >= 0.3 is 0 Å². The zero-order valence-corrected chi connectivity index (χ0v) is 14.8. The molecule has 0 spiro atoms. The second kappa shape index (κ2) is 7.22. The Bertz CT molecular complexity index is 809.